The number of rotatable bonds is 4. The van der Waals surface area contributed by atoms with Crippen molar-refractivity contribution in [2.45, 2.75) is 11.4 Å². The lowest BCUT2D eigenvalue weighted by Crippen LogP contribution is -2.04. The van der Waals surface area contributed by atoms with Gasteiger partial charge in [-0.2, -0.15) is 13.2 Å². The second-order valence-electron chi connectivity index (χ2n) is 3.63. The van der Waals surface area contributed by atoms with Gasteiger partial charge in [-0.25, -0.2) is 0 Å². The zero-order valence-corrected chi connectivity index (χ0v) is 10.5. The molecule has 0 atom stereocenters. The van der Waals surface area contributed by atoms with E-state index in [9.17, 15) is 18.0 Å². The largest absolute Gasteiger partial charge is 0.481 e. The van der Waals surface area contributed by atoms with Gasteiger partial charge in [-0.05, 0) is 18.2 Å². The Balaban J connectivity index is 2.22. The average Bonchev–Trinajstić information content (AvgIpc) is 2.84. The highest BCUT2D eigenvalue weighted by Gasteiger charge is 2.30. The molecule has 1 heterocycles. The molecule has 0 unspecified atom stereocenters. The van der Waals surface area contributed by atoms with Crippen molar-refractivity contribution in [3.8, 4) is 11.5 Å². The van der Waals surface area contributed by atoms with Gasteiger partial charge in [-0.3, -0.25) is 4.79 Å². The van der Waals surface area contributed by atoms with Crippen molar-refractivity contribution >= 4 is 17.7 Å². The first kappa shape index (κ1) is 14.4. The highest BCUT2D eigenvalue weighted by Crippen LogP contribution is 2.32. The van der Waals surface area contributed by atoms with Crippen LogP contribution >= 0.6 is 11.8 Å². The minimum Gasteiger partial charge on any atom is -0.481 e. The average molecular weight is 304 g/mol. The molecule has 20 heavy (non-hydrogen) atoms. The summed E-state index contributed by atoms with van der Waals surface area (Å²) in [6.45, 7) is 0. The van der Waals surface area contributed by atoms with Gasteiger partial charge in [0.1, 0.15) is 5.75 Å². The van der Waals surface area contributed by atoms with Crippen LogP contribution in [0.15, 0.2) is 33.9 Å². The molecule has 1 aromatic carbocycles. The second kappa shape index (κ2) is 5.53. The monoisotopic (exact) mass is 304 g/mol. The molecule has 0 amide bonds. The highest BCUT2D eigenvalue weighted by molar-refractivity contribution is 7.99. The van der Waals surface area contributed by atoms with Gasteiger partial charge in [-0.1, -0.05) is 17.8 Å². The minimum absolute atomic E-state index is 0.0141. The molecule has 0 aliphatic rings. The predicted octanol–water partition coefficient (Wildman–Crippen LogP) is 2.93. The Hall–Kier alpha value is -2.03. The molecule has 0 saturated carbocycles. The van der Waals surface area contributed by atoms with Crippen LogP contribution in [0.1, 0.15) is 5.56 Å². The highest BCUT2D eigenvalue weighted by atomic mass is 32.2. The van der Waals surface area contributed by atoms with E-state index in [1.807, 2.05) is 0 Å². The fraction of sp³-hybridized carbons (Fsp3) is 0.182. The Bertz CT molecular complexity index is 627. The standard InChI is InChI=1S/C11H7F3N2O3S/c12-11(13,14)7-3-1-2-6(4-7)9-15-16-10(19-9)20-5-8(17)18/h1-4H,5H2,(H,17,18). The number of nitrogens with zero attached hydrogens (tertiary/aromatic N) is 2. The Morgan fingerprint density at radius 2 is 2.10 bits per heavy atom. The summed E-state index contributed by atoms with van der Waals surface area (Å²) >= 11 is 0.792. The van der Waals surface area contributed by atoms with Crippen molar-refractivity contribution in [2.75, 3.05) is 5.75 Å². The summed E-state index contributed by atoms with van der Waals surface area (Å²) in [5.41, 5.74) is -0.706. The molecule has 1 aromatic heterocycles. The summed E-state index contributed by atoms with van der Waals surface area (Å²) in [5.74, 6) is -1.43. The topological polar surface area (TPSA) is 76.2 Å². The van der Waals surface area contributed by atoms with E-state index in [1.54, 1.807) is 0 Å². The molecule has 1 N–H and O–H groups in total. The summed E-state index contributed by atoms with van der Waals surface area (Å²) in [6, 6.07) is 4.44. The minimum atomic E-state index is -4.46. The number of alkyl halides is 3. The molecule has 0 bridgehead atoms. The third-order valence-electron chi connectivity index (χ3n) is 2.16. The van der Waals surface area contributed by atoms with Gasteiger partial charge < -0.3 is 9.52 Å². The van der Waals surface area contributed by atoms with E-state index in [1.165, 1.54) is 12.1 Å². The Labute approximate surface area is 114 Å². The number of aromatic nitrogens is 2. The van der Waals surface area contributed by atoms with Gasteiger partial charge in [0.2, 0.25) is 5.89 Å². The Morgan fingerprint density at radius 1 is 1.35 bits per heavy atom. The lowest BCUT2D eigenvalue weighted by molar-refractivity contribution is -0.137. The SMILES string of the molecule is O=C(O)CSc1nnc(-c2cccc(C(F)(F)F)c2)o1. The number of benzene rings is 1. The maximum Gasteiger partial charge on any atom is 0.416 e. The van der Waals surface area contributed by atoms with Crippen LogP contribution in [0.3, 0.4) is 0 Å². The summed E-state index contributed by atoms with van der Waals surface area (Å²) < 4.78 is 42.8. The number of thioether (sulfide) groups is 1. The summed E-state index contributed by atoms with van der Waals surface area (Å²) in [7, 11) is 0. The normalized spacial score (nSPS) is 11.6. The number of hydrogen-bond donors (Lipinski definition) is 1. The van der Waals surface area contributed by atoms with E-state index in [0.29, 0.717) is 0 Å². The molecular formula is C11H7F3N2O3S. The molecule has 2 rings (SSSR count). The third kappa shape index (κ3) is 3.50. The van der Waals surface area contributed by atoms with E-state index in [4.69, 9.17) is 9.52 Å². The van der Waals surface area contributed by atoms with E-state index >= 15 is 0 Å². The van der Waals surface area contributed by atoms with E-state index in [-0.39, 0.29) is 22.4 Å². The lowest BCUT2D eigenvalue weighted by atomic mass is 10.1. The molecular weight excluding hydrogens is 297 g/mol. The second-order valence-corrected chi connectivity index (χ2v) is 4.56. The number of hydrogen-bond acceptors (Lipinski definition) is 5. The van der Waals surface area contributed by atoms with Gasteiger partial charge in [0.05, 0.1) is 5.56 Å². The van der Waals surface area contributed by atoms with Crippen LogP contribution in [0.25, 0.3) is 11.5 Å². The fourth-order valence-electron chi connectivity index (χ4n) is 1.34. The van der Waals surface area contributed by atoms with Crippen LogP contribution in [0.4, 0.5) is 13.2 Å². The number of carbonyl (C=O) groups is 1. The van der Waals surface area contributed by atoms with Crippen molar-refractivity contribution in [2.24, 2.45) is 0 Å². The quantitative estimate of drug-likeness (QED) is 0.875. The van der Waals surface area contributed by atoms with Gasteiger partial charge in [0.15, 0.2) is 0 Å². The first-order valence-corrected chi connectivity index (χ1v) is 6.20. The molecule has 0 saturated heterocycles. The van der Waals surface area contributed by atoms with Crippen LogP contribution in [0.5, 0.6) is 0 Å². The first-order chi connectivity index (χ1) is 9.36. The number of halogens is 3. The molecule has 5 nitrogen and oxygen atoms in total. The molecule has 0 aliphatic carbocycles. The maximum atomic E-state index is 12.6. The fourth-order valence-corrected chi connectivity index (χ4v) is 1.82. The smallest absolute Gasteiger partial charge is 0.416 e. The zero-order chi connectivity index (χ0) is 14.8. The van der Waals surface area contributed by atoms with Crippen LogP contribution in [-0.2, 0) is 11.0 Å². The van der Waals surface area contributed by atoms with Gasteiger partial charge in [0, 0.05) is 5.56 Å². The van der Waals surface area contributed by atoms with Crippen molar-refractivity contribution in [1.82, 2.24) is 10.2 Å². The summed E-state index contributed by atoms with van der Waals surface area (Å²) in [4.78, 5) is 10.4. The molecule has 0 spiro atoms. The zero-order valence-electron chi connectivity index (χ0n) is 9.72. The van der Waals surface area contributed by atoms with Crippen molar-refractivity contribution in [3.63, 3.8) is 0 Å². The number of aliphatic carboxylic acids is 1. The van der Waals surface area contributed by atoms with Crippen molar-refractivity contribution in [1.29, 1.82) is 0 Å². The van der Waals surface area contributed by atoms with E-state index in [0.717, 1.165) is 23.9 Å². The molecule has 2 aromatic rings. The van der Waals surface area contributed by atoms with Gasteiger partial charge >= 0.3 is 12.1 Å². The molecule has 106 valence electrons. The molecule has 0 fully saturated rings. The maximum absolute atomic E-state index is 12.6. The number of carboxylic acid groups (broad SMARTS) is 1. The van der Waals surface area contributed by atoms with Crippen LogP contribution in [-0.4, -0.2) is 27.0 Å². The molecule has 0 aliphatic heterocycles. The van der Waals surface area contributed by atoms with Crippen molar-refractivity contribution < 1.29 is 27.5 Å². The Morgan fingerprint density at radius 3 is 2.75 bits per heavy atom. The molecule has 0 radical (unpaired) electrons. The van der Waals surface area contributed by atoms with Crippen LogP contribution in [0, 0.1) is 0 Å². The van der Waals surface area contributed by atoms with Crippen molar-refractivity contribution in [3.05, 3.63) is 29.8 Å². The predicted molar refractivity (Wildman–Crippen MR) is 63.1 cm³/mol. The van der Waals surface area contributed by atoms with E-state index < -0.39 is 17.7 Å². The third-order valence-corrected chi connectivity index (χ3v) is 2.97. The lowest BCUT2D eigenvalue weighted by Gasteiger charge is -2.06. The van der Waals surface area contributed by atoms with Gasteiger partial charge in [0.25, 0.3) is 5.22 Å². The summed E-state index contributed by atoms with van der Waals surface area (Å²) in [5, 5.41) is 15.6. The number of carboxylic acids is 1. The van der Waals surface area contributed by atoms with Crippen LogP contribution < -0.4 is 0 Å². The van der Waals surface area contributed by atoms with Crippen LogP contribution in [0.2, 0.25) is 0 Å². The van der Waals surface area contributed by atoms with Gasteiger partial charge in [-0.15, -0.1) is 10.2 Å². The first-order valence-electron chi connectivity index (χ1n) is 5.22. The summed E-state index contributed by atoms with van der Waals surface area (Å²) in [6.07, 6.45) is -4.46. The Kier molecular flexibility index (Phi) is 3.98. The molecule has 9 heteroatoms. The van der Waals surface area contributed by atoms with E-state index in [2.05, 4.69) is 10.2 Å².